The minimum absolute atomic E-state index is 0.177. The van der Waals surface area contributed by atoms with E-state index in [2.05, 4.69) is 10.1 Å². The first-order valence-corrected chi connectivity index (χ1v) is 7.84. The number of benzene rings is 1. The molecule has 1 fully saturated rings. The number of halogens is 2. The van der Waals surface area contributed by atoms with E-state index < -0.39 is 0 Å². The van der Waals surface area contributed by atoms with Gasteiger partial charge in [-0.05, 0) is 23.4 Å². The Morgan fingerprint density at radius 2 is 1.96 bits per heavy atom. The normalized spacial score (nSPS) is 14.9. The van der Waals surface area contributed by atoms with Crippen LogP contribution in [0.4, 0.5) is 5.69 Å². The van der Waals surface area contributed by atoms with E-state index >= 15 is 0 Å². The Labute approximate surface area is 143 Å². The van der Waals surface area contributed by atoms with Crippen molar-refractivity contribution >= 4 is 34.8 Å². The van der Waals surface area contributed by atoms with Crippen LogP contribution in [0.2, 0.25) is 10.0 Å². The summed E-state index contributed by atoms with van der Waals surface area (Å²) in [4.78, 5) is 16.2. The second kappa shape index (κ2) is 6.68. The van der Waals surface area contributed by atoms with Crippen LogP contribution in [0.15, 0.2) is 28.8 Å². The fourth-order valence-electron chi connectivity index (χ4n) is 2.49. The van der Waals surface area contributed by atoms with Gasteiger partial charge in [0.1, 0.15) is 0 Å². The molecule has 2 heterocycles. The van der Waals surface area contributed by atoms with Crippen LogP contribution >= 0.6 is 23.2 Å². The van der Waals surface area contributed by atoms with Crippen LogP contribution in [0.5, 0.6) is 5.88 Å². The highest BCUT2D eigenvalue weighted by atomic mass is 35.5. The van der Waals surface area contributed by atoms with E-state index in [1.54, 1.807) is 17.0 Å². The van der Waals surface area contributed by atoms with Crippen LogP contribution in [0.1, 0.15) is 10.6 Å². The monoisotopic (exact) mass is 355 g/mol. The number of ether oxygens (including phenoxy) is 1. The number of carbonyl (C=O) groups is 1. The first-order valence-electron chi connectivity index (χ1n) is 7.08. The third-order valence-electron chi connectivity index (χ3n) is 3.72. The molecule has 1 aromatic carbocycles. The maximum Gasteiger partial charge on any atom is 0.292 e. The molecule has 1 amide bonds. The quantitative estimate of drug-likeness (QED) is 0.846. The average Bonchev–Trinajstić information content (AvgIpc) is 3.06. The molecule has 1 aliphatic rings. The van der Waals surface area contributed by atoms with Gasteiger partial charge in [-0.1, -0.05) is 23.2 Å². The molecule has 8 heteroatoms. The van der Waals surface area contributed by atoms with Crippen molar-refractivity contribution in [3.05, 3.63) is 40.1 Å². The Bertz CT molecular complexity index is 712. The third kappa shape index (κ3) is 3.38. The molecule has 122 valence electrons. The maximum absolute atomic E-state index is 12.4. The molecule has 1 saturated heterocycles. The number of hydrogen-bond donors (Lipinski definition) is 0. The van der Waals surface area contributed by atoms with Crippen LogP contribution in [-0.4, -0.2) is 49.3 Å². The molecular weight excluding hydrogens is 341 g/mol. The van der Waals surface area contributed by atoms with Crippen molar-refractivity contribution in [1.82, 2.24) is 10.1 Å². The third-order valence-corrected chi connectivity index (χ3v) is 4.28. The van der Waals surface area contributed by atoms with Crippen LogP contribution in [0.3, 0.4) is 0 Å². The summed E-state index contributed by atoms with van der Waals surface area (Å²) in [5.74, 6) is 0.270. The molecule has 0 unspecified atom stereocenters. The first kappa shape index (κ1) is 16.0. The Morgan fingerprint density at radius 3 is 2.61 bits per heavy atom. The Kier molecular flexibility index (Phi) is 4.63. The van der Waals surface area contributed by atoms with Crippen molar-refractivity contribution in [1.29, 1.82) is 0 Å². The number of anilines is 1. The molecule has 23 heavy (non-hydrogen) atoms. The molecule has 2 aromatic rings. The topological polar surface area (TPSA) is 58.8 Å². The first-order chi connectivity index (χ1) is 11.1. The van der Waals surface area contributed by atoms with Gasteiger partial charge in [-0.3, -0.25) is 4.79 Å². The highest BCUT2D eigenvalue weighted by Crippen LogP contribution is 2.30. The molecule has 0 N–H and O–H groups in total. The van der Waals surface area contributed by atoms with E-state index in [1.165, 1.54) is 13.2 Å². The SMILES string of the molecule is COc1cc(C(=O)N2CCN(c3cc(Cl)ccc3Cl)CC2)on1. The molecule has 0 spiro atoms. The molecular formula is C15H15Cl2N3O3. The molecule has 0 saturated carbocycles. The van der Waals surface area contributed by atoms with E-state index in [-0.39, 0.29) is 17.5 Å². The maximum atomic E-state index is 12.4. The number of nitrogens with zero attached hydrogens (tertiary/aromatic N) is 3. The summed E-state index contributed by atoms with van der Waals surface area (Å²) in [7, 11) is 1.47. The zero-order valence-corrected chi connectivity index (χ0v) is 14.0. The minimum Gasteiger partial charge on any atom is -0.479 e. The van der Waals surface area contributed by atoms with E-state index in [0.29, 0.717) is 36.2 Å². The van der Waals surface area contributed by atoms with Crippen LogP contribution in [0, 0.1) is 0 Å². The van der Waals surface area contributed by atoms with E-state index in [0.717, 1.165) is 5.69 Å². The average molecular weight is 356 g/mol. The number of amides is 1. The van der Waals surface area contributed by atoms with Gasteiger partial charge in [0.2, 0.25) is 5.76 Å². The summed E-state index contributed by atoms with van der Waals surface area (Å²) in [6, 6.07) is 6.85. The van der Waals surface area contributed by atoms with Crippen molar-refractivity contribution in [2.75, 3.05) is 38.2 Å². The Hall–Kier alpha value is -1.92. The number of piperazine rings is 1. The van der Waals surface area contributed by atoms with Gasteiger partial charge in [-0.15, -0.1) is 0 Å². The van der Waals surface area contributed by atoms with E-state index in [4.69, 9.17) is 32.5 Å². The second-order valence-electron chi connectivity index (χ2n) is 5.11. The van der Waals surface area contributed by atoms with Crippen molar-refractivity contribution in [2.24, 2.45) is 0 Å². The van der Waals surface area contributed by atoms with Gasteiger partial charge in [-0.2, -0.15) is 0 Å². The smallest absolute Gasteiger partial charge is 0.292 e. The van der Waals surface area contributed by atoms with Gasteiger partial charge in [0.15, 0.2) is 0 Å². The highest BCUT2D eigenvalue weighted by Gasteiger charge is 2.26. The van der Waals surface area contributed by atoms with Gasteiger partial charge in [0.25, 0.3) is 11.8 Å². The Balaban J connectivity index is 1.66. The highest BCUT2D eigenvalue weighted by molar-refractivity contribution is 6.35. The van der Waals surface area contributed by atoms with Crippen molar-refractivity contribution in [3.63, 3.8) is 0 Å². The second-order valence-corrected chi connectivity index (χ2v) is 5.95. The Morgan fingerprint density at radius 1 is 1.22 bits per heavy atom. The number of methoxy groups -OCH3 is 1. The van der Waals surface area contributed by atoms with Gasteiger partial charge >= 0.3 is 0 Å². The van der Waals surface area contributed by atoms with Gasteiger partial charge in [0, 0.05) is 31.2 Å². The lowest BCUT2D eigenvalue weighted by Crippen LogP contribution is -2.48. The lowest BCUT2D eigenvalue weighted by Gasteiger charge is -2.36. The summed E-state index contributed by atoms with van der Waals surface area (Å²) in [6.45, 7) is 2.45. The molecule has 6 nitrogen and oxygen atoms in total. The number of hydrogen-bond acceptors (Lipinski definition) is 5. The van der Waals surface area contributed by atoms with Gasteiger partial charge in [-0.25, -0.2) is 0 Å². The minimum atomic E-state index is -0.197. The molecule has 0 radical (unpaired) electrons. The van der Waals surface area contributed by atoms with Crippen molar-refractivity contribution in [3.8, 4) is 5.88 Å². The predicted molar refractivity (Wildman–Crippen MR) is 87.6 cm³/mol. The summed E-state index contributed by atoms with van der Waals surface area (Å²) in [5, 5.41) is 4.93. The summed E-state index contributed by atoms with van der Waals surface area (Å²) < 4.78 is 9.92. The van der Waals surface area contributed by atoms with Crippen LogP contribution in [-0.2, 0) is 0 Å². The number of aromatic nitrogens is 1. The molecule has 0 aliphatic carbocycles. The molecule has 0 bridgehead atoms. The largest absolute Gasteiger partial charge is 0.479 e. The molecule has 3 rings (SSSR count). The zero-order chi connectivity index (χ0) is 16.4. The summed E-state index contributed by atoms with van der Waals surface area (Å²) in [5.41, 5.74) is 0.882. The number of carbonyl (C=O) groups excluding carboxylic acids is 1. The van der Waals surface area contributed by atoms with Gasteiger partial charge in [0.05, 0.1) is 23.9 Å². The predicted octanol–water partition coefficient (Wildman–Crippen LogP) is 2.95. The summed E-state index contributed by atoms with van der Waals surface area (Å²) in [6.07, 6.45) is 0. The number of rotatable bonds is 3. The fraction of sp³-hybridized carbons (Fsp3) is 0.333. The van der Waals surface area contributed by atoms with E-state index in [1.807, 2.05) is 6.07 Å². The lowest BCUT2D eigenvalue weighted by molar-refractivity contribution is 0.0704. The van der Waals surface area contributed by atoms with Gasteiger partial charge < -0.3 is 19.1 Å². The molecule has 1 aliphatic heterocycles. The summed E-state index contributed by atoms with van der Waals surface area (Å²) >= 11 is 12.3. The van der Waals surface area contributed by atoms with Crippen LogP contribution < -0.4 is 9.64 Å². The standard InChI is InChI=1S/C15H15Cl2N3O3/c1-22-14-9-13(23-18-14)15(21)20-6-4-19(5-7-20)12-8-10(16)2-3-11(12)17/h2-3,8-9H,4-7H2,1H3. The fourth-order valence-corrected chi connectivity index (χ4v) is 2.89. The zero-order valence-electron chi connectivity index (χ0n) is 12.5. The van der Waals surface area contributed by atoms with E-state index in [9.17, 15) is 4.79 Å². The van der Waals surface area contributed by atoms with Crippen molar-refractivity contribution in [2.45, 2.75) is 0 Å². The molecule has 0 atom stereocenters. The molecule has 1 aromatic heterocycles. The lowest BCUT2D eigenvalue weighted by atomic mass is 10.2. The van der Waals surface area contributed by atoms with Crippen LogP contribution in [0.25, 0.3) is 0 Å². The van der Waals surface area contributed by atoms with Crippen molar-refractivity contribution < 1.29 is 14.1 Å².